The molecule has 0 bridgehead atoms. The van der Waals surface area contributed by atoms with Crippen molar-refractivity contribution in [3.05, 3.63) is 51.5 Å². The Kier molecular flexibility index (Phi) is 3.81. The molecule has 0 atom stereocenters. The van der Waals surface area contributed by atoms with Crippen LogP contribution in [0.1, 0.15) is 16.2 Å². The Morgan fingerprint density at radius 1 is 1.53 bits per heavy atom. The second-order valence-corrected chi connectivity index (χ2v) is 4.67. The van der Waals surface area contributed by atoms with Crippen LogP contribution in [0.2, 0.25) is 5.02 Å². The zero-order valence-corrected chi connectivity index (χ0v) is 11.0. The molecule has 0 spiro atoms. The molecule has 1 aromatic heterocycles. The maximum absolute atomic E-state index is 11.8. The minimum atomic E-state index is -0.223. The van der Waals surface area contributed by atoms with Crippen molar-refractivity contribution in [2.24, 2.45) is 0 Å². The number of halogens is 2. The second-order valence-electron chi connectivity index (χ2n) is 3.34. The van der Waals surface area contributed by atoms with E-state index in [0.717, 1.165) is 4.47 Å². The number of carbonyl (C=O) groups excluding carboxylic acids is 1. The zero-order chi connectivity index (χ0) is 12.3. The first-order valence-electron chi connectivity index (χ1n) is 4.88. The highest BCUT2D eigenvalue weighted by molar-refractivity contribution is 9.10. The summed E-state index contributed by atoms with van der Waals surface area (Å²) in [5.74, 6) is 0.477. The molecular weight excluding hydrogens is 305 g/mol. The molecule has 0 radical (unpaired) electrons. The lowest BCUT2D eigenvalue weighted by molar-refractivity contribution is 0.0950. The van der Waals surface area contributed by atoms with Gasteiger partial charge >= 0.3 is 0 Å². The Balaban J connectivity index is 2.04. The molecule has 0 fully saturated rings. The van der Waals surface area contributed by atoms with E-state index in [1.54, 1.807) is 30.6 Å². The summed E-state index contributed by atoms with van der Waals surface area (Å²) in [6, 6.07) is 5.13. The number of hydrogen-bond donors (Lipinski definition) is 2. The van der Waals surface area contributed by atoms with E-state index < -0.39 is 0 Å². The summed E-state index contributed by atoms with van der Waals surface area (Å²) in [5.41, 5.74) is 0.446. The van der Waals surface area contributed by atoms with Crippen LogP contribution in [0.25, 0.3) is 0 Å². The van der Waals surface area contributed by atoms with Gasteiger partial charge in [-0.25, -0.2) is 4.98 Å². The monoisotopic (exact) mass is 313 g/mol. The Hall–Kier alpha value is -1.33. The highest BCUT2D eigenvalue weighted by atomic mass is 79.9. The van der Waals surface area contributed by atoms with E-state index >= 15 is 0 Å². The lowest BCUT2D eigenvalue weighted by Gasteiger charge is -2.05. The van der Waals surface area contributed by atoms with Crippen LogP contribution in [0, 0.1) is 0 Å². The fourth-order valence-corrected chi connectivity index (χ4v) is 2.09. The minimum Gasteiger partial charge on any atom is -0.347 e. The third-order valence-corrected chi connectivity index (χ3v) is 2.95. The van der Waals surface area contributed by atoms with Gasteiger partial charge in [-0.1, -0.05) is 27.5 Å². The highest BCUT2D eigenvalue weighted by Gasteiger charge is 2.10. The molecule has 0 aliphatic rings. The molecule has 1 heterocycles. The van der Waals surface area contributed by atoms with Crippen molar-refractivity contribution in [1.82, 2.24) is 15.3 Å². The van der Waals surface area contributed by atoms with Crippen LogP contribution in [-0.4, -0.2) is 15.9 Å². The molecule has 2 aromatic rings. The number of aromatic nitrogens is 2. The van der Waals surface area contributed by atoms with Gasteiger partial charge < -0.3 is 10.3 Å². The van der Waals surface area contributed by atoms with Crippen LogP contribution in [0.4, 0.5) is 0 Å². The summed E-state index contributed by atoms with van der Waals surface area (Å²) in [6.45, 7) is 0.345. The fourth-order valence-electron chi connectivity index (χ4n) is 1.33. The number of carbonyl (C=O) groups is 1. The standard InChI is InChI=1S/C11H9BrClN3O/c12-7-1-2-8(9(13)5-7)11(17)16-6-10-14-3-4-15-10/h1-5H,6H2,(H,14,15)(H,16,17). The Morgan fingerprint density at radius 2 is 2.35 bits per heavy atom. The molecule has 0 saturated heterocycles. The number of imidazole rings is 1. The number of H-pyrrole nitrogens is 1. The van der Waals surface area contributed by atoms with E-state index in [4.69, 9.17) is 11.6 Å². The van der Waals surface area contributed by atoms with Crippen molar-refractivity contribution in [2.75, 3.05) is 0 Å². The Labute approximate surface area is 112 Å². The SMILES string of the molecule is O=C(NCc1ncc[nH]1)c1ccc(Br)cc1Cl. The van der Waals surface area contributed by atoms with Crippen molar-refractivity contribution in [1.29, 1.82) is 0 Å². The normalized spacial score (nSPS) is 10.2. The topological polar surface area (TPSA) is 57.8 Å². The van der Waals surface area contributed by atoms with Gasteiger partial charge in [0.15, 0.2) is 0 Å². The van der Waals surface area contributed by atoms with Gasteiger partial charge in [0.25, 0.3) is 5.91 Å². The maximum atomic E-state index is 11.8. The molecule has 2 N–H and O–H groups in total. The largest absolute Gasteiger partial charge is 0.347 e. The van der Waals surface area contributed by atoms with Gasteiger partial charge in [0.1, 0.15) is 5.82 Å². The average Bonchev–Trinajstić information content (AvgIpc) is 2.78. The number of aromatic amines is 1. The summed E-state index contributed by atoms with van der Waals surface area (Å²) in [6.07, 6.45) is 3.34. The molecule has 2 rings (SSSR count). The van der Waals surface area contributed by atoms with Crippen molar-refractivity contribution in [3.8, 4) is 0 Å². The predicted octanol–water partition coefficient (Wildman–Crippen LogP) is 2.76. The molecule has 1 aromatic carbocycles. The molecule has 1 amide bonds. The van der Waals surface area contributed by atoms with Gasteiger partial charge in [-0.2, -0.15) is 0 Å². The summed E-state index contributed by atoms with van der Waals surface area (Å²) in [4.78, 5) is 18.7. The number of benzene rings is 1. The third-order valence-electron chi connectivity index (χ3n) is 2.15. The van der Waals surface area contributed by atoms with Gasteiger partial charge in [-0.3, -0.25) is 4.79 Å². The average molecular weight is 315 g/mol. The zero-order valence-electron chi connectivity index (χ0n) is 8.71. The van der Waals surface area contributed by atoms with Crippen molar-refractivity contribution in [3.63, 3.8) is 0 Å². The van der Waals surface area contributed by atoms with E-state index in [1.807, 2.05) is 0 Å². The summed E-state index contributed by atoms with van der Waals surface area (Å²) >= 11 is 9.26. The van der Waals surface area contributed by atoms with Crippen LogP contribution >= 0.6 is 27.5 Å². The van der Waals surface area contributed by atoms with Gasteiger partial charge in [-0.15, -0.1) is 0 Å². The molecule has 17 heavy (non-hydrogen) atoms. The molecular formula is C11H9BrClN3O. The van der Waals surface area contributed by atoms with Crippen molar-refractivity contribution >= 4 is 33.4 Å². The van der Waals surface area contributed by atoms with Crippen molar-refractivity contribution in [2.45, 2.75) is 6.54 Å². The smallest absolute Gasteiger partial charge is 0.253 e. The number of nitrogens with one attached hydrogen (secondary N) is 2. The van der Waals surface area contributed by atoms with E-state index in [1.165, 1.54) is 0 Å². The molecule has 6 heteroatoms. The first kappa shape index (κ1) is 12.1. The van der Waals surface area contributed by atoms with Gasteiger partial charge in [-0.05, 0) is 18.2 Å². The first-order chi connectivity index (χ1) is 8.16. The van der Waals surface area contributed by atoms with E-state index in [0.29, 0.717) is 23.0 Å². The Bertz CT molecular complexity index is 528. The number of nitrogens with zero attached hydrogens (tertiary/aromatic N) is 1. The van der Waals surface area contributed by atoms with Gasteiger partial charge in [0.2, 0.25) is 0 Å². The summed E-state index contributed by atoms with van der Waals surface area (Å²) < 4.78 is 0.838. The first-order valence-corrected chi connectivity index (χ1v) is 6.05. The third kappa shape index (κ3) is 3.08. The second kappa shape index (κ2) is 5.33. The molecule has 0 aliphatic carbocycles. The molecule has 0 unspecified atom stereocenters. The van der Waals surface area contributed by atoms with E-state index in [2.05, 4.69) is 31.2 Å². The van der Waals surface area contributed by atoms with Crippen LogP contribution in [0.5, 0.6) is 0 Å². The number of hydrogen-bond acceptors (Lipinski definition) is 2. The Morgan fingerprint density at radius 3 is 3.00 bits per heavy atom. The van der Waals surface area contributed by atoms with Gasteiger partial charge in [0.05, 0.1) is 17.1 Å². The van der Waals surface area contributed by atoms with Crippen LogP contribution < -0.4 is 5.32 Å². The van der Waals surface area contributed by atoms with Gasteiger partial charge in [0, 0.05) is 16.9 Å². The molecule has 88 valence electrons. The maximum Gasteiger partial charge on any atom is 0.253 e. The molecule has 0 aliphatic heterocycles. The van der Waals surface area contributed by atoms with E-state index in [-0.39, 0.29) is 5.91 Å². The van der Waals surface area contributed by atoms with E-state index in [9.17, 15) is 4.79 Å². The summed E-state index contributed by atoms with van der Waals surface area (Å²) in [7, 11) is 0. The lowest BCUT2D eigenvalue weighted by atomic mass is 10.2. The summed E-state index contributed by atoms with van der Waals surface area (Å²) in [5, 5.41) is 3.14. The quantitative estimate of drug-likeness (QED) is 0.915. The van der Waals surface area contributed by atoms with Crippen LogP contribution in [0.15, 0.2) is 35.1 Å². The highest BCUT2D eigenvalue weighted by Crippen LogP contribution is 2.21. The van der Waals surface area contributed by atoms with Crippen LogP contribution in [-0.2, 0) is 6.54 Å². The molecule has 0 saturated carbocycles. The van der Waals surface area contributed by atoms with Crippen molar-refractivity contribution < 1.29 is 4.79 Å². The minimum absolute atomic E-state index is 0.223. The fraction of sp³-hybridized carbons (Fsp3) is 0.0909. The molecule has 4 nitrogen and oxygen atoms in total. The predicted molar refractivity (Wildman–Crippen MR) is 68.9 cm³/mol. The lowest BCUT2D eigenvalue weighted by Crippen LogP contribution is -2.23. The number of amides is 1. The van der Waals surface area contributed by atoms with Crippen LogP contribution in [0.3, 0.4) is 0 Å². The number of rotatable bonds is 3.